The first-order valence-corrected chi connectivity index (χ1v) is 7.89. The summed E-state index contributed by atoms with van der Waals surface area (Å²) >= 11 is 0. The minimum absolute atomic E-state index is 0.0227. The number of anilines is 2. The van der Waals surface area contributed by atoms with Gasteiger partial charge in [-0.1, -0.05) is 26.3 Å². The van der Waals surface area contributed by atoms with Crippen LogP contribution in [0.2, 0.25) is 0 Å². The third-order valence-electron chi connectivity index (χ3n) is 4.00. The first kappa shape index (κ1) is 16.5. The number of likely N-dealkylation sites (tertiary alicyclic amines) is 1. The van der Waals surface area contributed by atoms with E-state index in [1.165, 1.54) is 0 Å². The molecule has 1 saturated heterocycles. The quantitative estimate of drug-likeness (QED) is 0.899. The van der Waals surface area contributed by atoms with Crippen molar-refractivity contribution >= 4 is 23.2 Å². The Labute approximate surface area is 132 Å². The molecule has 2 rings (SSSR count). The van der Waals surface area contributed by atoms with Crippen LogP contribution in [0.1, 0.15) is 33.1 Å². The maximum Gasteiger partial charge on any atom is 0.241 e. The maximum atomic E-state index is 12.4. The van der Waals surface area contributed by atoms with E-state index >= 15 is 0 Å². The highest BCUT2D eigenvalue weighted by atomic mass is 16.2. The lowest BCUT2D eigenvalue weighted by molar-refractivity contribution is -0.122. The predicted molar refractivity (Wildman–Crippen MR) is 88.8 cm³/mol. The second-order valence-electron chi connectivity index (χ2n) is 6.21. The fourth-order valence-corrected chi connectivity index (χ4v) is 2.59. The number of amides is 2. The number of rotatable bonds is 4. The van der Waals surface area contributed by atoms with Crippen LogP contribution >= 0.6 is 0 Å². The molecule has 0 radical (unpaired) electrons. The Morgan fingerprint density at radius 1 is 1.18 bits per heavy atom. The van der Waals surface area contributed by atoms with E-state index < -0.39 is 0 Å². The average molecular weight is 303 g/mol. The van der Waals surface area contributed by atoms with E-state index in [4.69, 9.17) is 0 Å². The van der Waals surface area contributed by atoms with Gasteiger partial charge in [0.15, 0.2) is 0 Å². The number of nitrogens with one attached hydrogen (secondary N) is 2. The number of carbonyl (C=O) groups is 2. The van der Waals surface area contributed by atoms with Gasteiger partial charge in [-0.3, -0.25) is 14.5 Å². The molecule has 5 nitrogen and oxygen atoms in total. The van der Waals surface area contributed by atoms with Crippen molar-refractivity contribution in [2.45, 2.75) is 39.2 Å². The summed E-state index contributed by atoms with van der Waals surface area (Å²) in [5.74, 6) is -0.0841. The number of hydrogen-bond acceptors (Lipinski definition) is 3. The number of hydrogen-bond donors (Lipinski definition) is 2. The van der Waals surface area contributed by atoms with Gasteiger partial charge in [-0.2, -0.15) is 0 Å². The van der Waals surface area contributed by atoms with E-state index in [0.717, 1.165) is 25.8 Å². The lowest BCUT2D eigenvalue weighted by atomic mass is 10.0. The molecule has 1 fully saturated rings. The van der Waals surface area contributed by atoms with Crippen LogP contribution in [0.4, 0.5) is 11.4 Å². The van der Waals surface area contributed by atoms with Crippen LogP contribution in [-0.2, 0) is 9.59 Å². The summed E-state index contributed by atoms with van der Waals surface area (Å²) in [6.07, 6.45) is 3.13. The summed E-state index contributed by atoms with van der Waals surface area (Å²) in [5.41, 5.74) is 1.42. The van der Waals surface area contributed by atoms with E-state index in [-0.39, 0.29) is 23.8 Å². The molecule has 0 aliphatic carbocycles. The number of likely N-dealkylation sites (N-methyl/N-ethyl adjacent to an activating group) is 1. The van der Waals surface area contributed by atoms with Crippen molar-refractivity contribution in [3.8, 4) is 0 Å². The van der Waals surface area contributed by atoms with E-state index in [0.29, 0.717) is 11.4 Å². The monoisotopic (exact) mass is 303 g/mol. The molecule has 0 aromatic heterocycles. The highest BCUT2D eigenvalue weighted by Crippen LogP contribution is 2.19. The van der Waals surface area contributed by atoms with Gasteiger partial charge < -0.3 is 10.6 Å². The van der Waals surface area contributed by atoms with Crippen LogP contribution < -0.4 is 10.6 Å². The van der Waals surface area contributed by atoms with Crippen LogP contribution in [-0.4, -0.2) is 36.3 Å². The van der Waals surface area contributed by atoms with Crippen LogP contribution in [0, 0.1) is 5.92 Å². The first-order valence-electron chi connectivity index (χ1n) is 7.89. The molecule has 22 heavy (non-hydrogen) atoms. The van der Waals surface area contributed by atoms with Crippen molar-refractivity contribution in [1.29, 1.82) is 0 Å². The molecule has 1 aliphatic rings. The minimum Gasteiger partial charge on any atom is -0.326 e. The normalized spacial score (nSPS) is 19.0. The summed E-state index contributed by atoms with van der Waals surface area (Å²) in [6, 6.07) is 7.22. The molecule has 1 aromatic carbocycles. The molecule has 1 aliphatic heterocycles. The Morgan fingerprint density at radius 3 is 2.50 bits per heavy atom. The van der Waals surface area contributed by atoms with Crippen molar-refractivity contribution in [2.75, 3.05) is 24.2 Å². The van der Waals surface area contributed by atoms with Gasteiger partial charge in [0, 0.05) is 17.3 Å². The third kappa shape index (κ3) is 4.31. The Bertz CT molecular complexity index is 542. The summed E-state index contributed by atoms with van der Waals surface area (Å²) in [6.45, 7) is 4.66. The largest absolute Gasteiger partial charge is 0.326 e. The zero-order valence-corrected chi connectivity index (χ0v) is 13.6. The number of piperidine rings is 1. The molecule has 5 heteroatoms. The SMILES string of the molecule is CC(C)C(=O)Nc1cccc(NC(=O)[C@H]2CCCCN2C)c1. The van der Waals surface area contributed by atoms with Crippen molar-refractivity contribution < 1.29 is 9.59 Å². The first-order chi connectivity index (χ1) is 10.5. The van der Waals surface area contributed by atoms with Crippen LogP contribution in [0.15, 0.2) is 24.3 Å². The molecule has 1 heterocycles. The van der Waals surface area contributed by atoms with Crippen LogP contribution in [0.5, 0.6) is 0 Å². The number of benzene rings is 1. The average Bonchev–Trinajstić information content (AvgIpc) is 2.47. The second kappa shape index (κ2) is 7.40. The van der Waals surface area contributed by atoms with Gasteiger partial charge in [0.25, 0.3) is 0 Å². The maximum absolute atomic E-state index is 12.4. The molecular weight excluding hydrogens is 278 g/mol. The Kier molecular flexibility index (Phi) is 5.55. The molecule has 0 unspecified atom stereocenters. The smallest absolute Gasteiger partial charge is 0.241 e. The fourth-order valence-electron chi connectivity index (χ4n) is 2.59. The highest BCUT2D eigenvalue weighted by molar-refractivity contribution is 5.96. The minimum atomic E-state index is -0.0749. The summed E-state index contributed by atoms with van der Waals surface area (Å²) in [4.78, 5) is 26.2. The topological polar surface area (TPSA) is 61.4 Å². The Balaban J connectivity index is 2.00. The molecule has 0 spiro atoms. The molecule has 1 atom stereocenters. The van der Waals surface area contributed by atoms with E-state index in [1.54, 1.807) is 6.07 Å². The molecule has 1 aromatic rings. The number of carbonyl (C=O) groups excluding carboxylic acids is 2. The van der Waals surface area contributed by atoms with Gasteiger partial charge in [0.05, 0.1) is 6.04 Å². The summed E-state index contributed by atoms with van der Waals surface area (Å²) in [5, 5.41) is 5.80. The van der Waals surface area contributed by atoms with Crippen LogP contribution in [0.3, 0.4) is 0 Å². The van der Waals surface area contributed by atoms with Crippen molar-refractivity contribution in [3.05, 3.63) is 24.3 Å². The Hall–Kier alpha value is -1.88. The molecule has 0 bridgehead atoms. The van der Waals surface area contributed by atoms with E-state index in [2.05, 4.69) is 15.5 Å². The van der Waals surface area contributed by atoms with Gasteiger partial charge in [0.2, 0.25) is 11.8 Å². The zero-order valence-electron chi connectivity index (χ0n) is 13.6. The van der Waals surface area contributed by atoms with E-state index in [9.17, 15) is 9.59 Å². The van der Waals surface area contributed by atoms with Crippen LogP contribution in [0.25, 0.3) is 0 Å². The van der Waals surface area contributed by atoms with Crippen molar-refractivity contribution in [2.24, 2.45) is 5.92 Å². The predicted octanol–water partition coefficient (Wildman–Crippen LogP) is 2.70. The van der Waals surface area contributed by atoms with Gasteiger partial charge in [-0.25, -0.2) is 0 Å². The fraction of sp³-hybridized carbons (Fsp3) is 0.529. The molecule has 2 amide bonds. The Morgan fingerprint density at radius 2 is 1.86 bits per heavy atom. The summed E-state index contributed by atoms with van der Waals surface area (Å²) < 4.78 is 0. The number of nitrogens with zero attached hydrogens (tertiary/aromatic N) is 1. The summed E-state index contributed by atoms with van der Waals surface area (Å²) in [7, 11) is 1.99. The van der Waals surface area contributed by atoms with E-state index in [1.807, 2.05) is 39.1 Å². The molecule has 2 N–H and O–H groups in total. The van der Waals surface area contributed by atoms with Gasteiger partial charge in [-0.05, 0) is 44.6 Å². The lowest BCUT2D eigenvalue weighted by Crippen LogP contribution is -2.44. The zero-order chi connectivity index (χ0) is 16.1. The van der Waals surface area contributed by atoms with Gasteiger partial charge in [-0.15, -0.1) is 0 Å². The standard InChI is InChI=1S/C17H25N3O2/c1-12(2)16(21)18-13-7-6-8-14(11-13)19-17(22)15-9-4-5-10-20(15)3/h6-8,11-12,15H,4-5,9-10H2,1-3H3,(H,18,21)(H,19,22)/t15-/m1/s1. The van der Waals surface area contributed by atoms with Crippen molar-refractivity contribution in [3.63, 3.8) is 0 Å². The highest BCUT2D eigenvalue weighted by Gasteiger charge is 2.25. The molecule has 0 saturated carbocycles. The molecule has 120 valence electrons. The lowest BCUT2D eigenvalue weighted by Gasteiger charge is -2.31. The second-order valence-corrected chi connectivity index (χ2v) is 6.21. The third-order valence-corrected chi connectivity index (χ3v) is 4.00. The van der Waals surface area contributed by atoms with Gasteiger partial charge >= 0.3 is 0 Å². The van der Waals surface area contributed by atoms with Gasteiger partial charge in [0.1, 0.15) is 0 Å². The van der Waals surface area contributed by atoms with Crippen molar-refractivity contribution in [1.82, 2.24) is 4.90 Å². The molecular formula is C17H25N3O2.